The molecule has 2 aromatic rings. The van der Waals surface area contributed by atoms with E-state index in [0.29, 0.717) is 5.75 Å². The van der Waals surface area contributed by atoms with E-state index in [2.05, 4.69) is 26.5 Å². The molecule has 0 radical (unpaired) electrons. The molecule has 0 fully saturated rings. The molecule has 2 rings (SSSR count). The molecule has 0 aliphatic carbocycles. The molecule has 1 N–H and O–H groups in total. The molecule has 108 valence electrons. The minimum absolute atomic E-state index is 0.0817. The number of amides is 1. The van der Waals surface area contributed by atoms with E-state index in [1.165, 1.54) is 5.56 Å². The number of carbonyl (C=O) groups is 1. The summed E-state index contributed by atoms with van der Waals surface area (Å²) in [6.45, 7) is 1.93. The van der Waals surface area contributed by atoms with E-state index in [0.717, 1.165) is 10.0 Å². The lowest BCUT2D eigenvalue weighted by Crippen LogP contribution is -2.24. The standard InChI is InChI=1S/C16H15BrN2O2/c1-12-5-7-13(8-6-12)10-18-19-16(20)11-21-15-4-2-3-14(17)9-15/h2-10H,11H2,1H3,(H,19,20)/b18-10+. The van der Waals surface area contributed by atoms with Crippen molar-refractivity contribution in [3.63, 3.8) is 0 Å². The second-order valence-corrected chi connectivity index (χ2v) is 5.37. The third-order valence-corrected chi connectivity index (χ3v) is 3.14. The normalized spacial score (nSPS) is 10.6. The largest absolute Gasteiger partial charge is 0.484 e. The molecule has 0 unspecified atom stereocenters. The minimum atomic E-state index is -0.307. The molecule has 0 aliphatic rings. The summed E-state index contributed by atoms with van der Waals surface area (Å²) < 4.78 is 6.25. The van der Waals surface area contributed by atoms with Crippen molar-refractivity contribution < 1.29 is 9.53 Å². The minimum Gasteiger partial charge on any atom is -0.484 e. The number of benzene rings is 2. The molecular weight excluding hydrogens is 332 g/mol. The molecule has 4 nitrogen and oxygen atoms in total. The van der Waals surface area contributed by atoms with Gasteiger partial charge in [0.1, 0.15) is 5.75 Å². The molecule has 0 spiro atoms. The quantitative estimate of drug-likeness (QED) is 0.667. The molecule has 0 aliphatic heterocycles. The van der Waals surface area contributed by atoms with Gasteiger partial charge in [-0.05, 0) is 30.7 Å². The van der Waals surface area contributed by atoms with Gasteiger partial charge in [-0.2, -0.15) is 5.10 Å². The van der Waals surface area contributed by atoms with Crippen LogP contribution in [-0.2, 0) is 4.79 Å². The van der Waals surface area contributed by atoms with Gasteiger partial charge < -0.3 is 4.74 Å². The van der Waals surface area contributed by atoms with Crippen LogP contribution in [0.25, 0.3) is 0 Å². The summed E-state index contributed by atoms with van der Waals surface area (Å²) in [5.74, 6) is 0.320. The van der Waals surface area contributed by atoms with Gasteiger partial charge in [0.25, 0.3) is 5.91 Å². The maximum Gasteiger partial charge on any atom is 0.277 e. The van der Waals surface area contributed by atoms with E-state index < -0.39 is 0 Å². The highest BCUT2D eigenvalue weighted by atomic mass is 79.9. The second-order valence-electron chi connectivity index (χ2n) is 4.45. The molecule has 0 atom stereocenters. The Morgan fingerprint density at radius 1 is 1.29 bits per heavy atom. The third-order valence-electron chi connectivity index (χ3n) is 2.65. The highest BCUT2D eigenvalue weighted by Gasteiger charge is 2.01. The topological polar surface area (TPSA) is 50.7 Å². The predicted octanol–water partition coefficient (Wildman–Crippen LogP) is 3.29. The van der Waals surface area contributed by atoms with Gasteiger partial charge in [-0.25, -0.2) is 5.43 Å². The van der Waals surface area contributed by atoms with Crippen LogP contribution in [0, 0.1) is 6.92 Å². The van der Waals surface area contributed by atoms with Crippen LogP contribution in [0.3, 0.4) is 0 Å². The number of hydrogen-bond acceptors (Lipinski definition) is 3. The van der Waals surface area contributed by atoms with E-state index in [1.54, 1.807) is 18.3 Å². The summed E-state index contributed by atoms with van der Waals surface area (Å²) in [6, 6.07) is 15.1. The van der Waals surface area contributed by atoms with Gasteiger partial charge in [-0.3, -0.25) is 4.79 Å². The first-order valence-corrected chi connectivity index (χ1v) is 7.20. The van der Waals surface area contributed by atoms with Crippen molar-refractivity contribution in [2.45, 2.75) is 6.92 Å². The van der Waals surface area contributed by atoms with Crippen LogP contribution in [0.15, 0.2) is 58.1 Å². The zero-order chi connectivity index (χ0) is 15.1. The van der Waals surface area contributed by atoms with Crippen LogP contribution in [0.2, 0.25) is 0 Å². The number of nitrogens with one attached hydrogen (secondary N) is 1. The third kappa shape index (κ3) is 5.39. The molecule has 0 aromatic heterocycles. The van der Waals surface area contributed by atoms with E-state index in [-0.39, 0.29) is 12.5 Å². The van der Waals surface area contributed by atoms with Gasteiger partial charge in [-0.15, -0.1) is 0 Å². The van der Waals surface area contributed by atoms with Crippen molar-refractivity contribution in [3.8, 4) is 5.75 Å². The average molecular weight is 347 g/mol. The smallest absolute Gasteiger partial charge is 0.277 e. The maximum atomic E-state index is 11.6. The molecule has 0 bridgehead atoms. The lowest BCUT2D eigenvalue weighted by Gasteiger charge is -2.05. The molecule has 5 heteroatoms. The Bertz CT molecular complexity index is 639. The van der Waals surface area contributed by atoms with E-state index in [4.69, 9.17) is 4.74 Å². The summed E-state index contributed by atoms with van der Waals surface area (Å²) in [4.78, 5) is 11.6. The van der Waals surface area contributed by atoms with Gasteiger partial charge in [-0.1, -0.05) is 51.8 Å². The molecule has 21 heavy (non-hydrogen) atoms. The first-order chi connectivity index (χ1) is 10.1. The van der Waals surface area contributed by atoms with Crippen LogP contribution in [0.1, 0.15) is 11.1 Å². The number of nitrogens with zero attached hydrogens (tertiary/aromatic N) is 1. The Morgan fingerprint density at radius 3 is 2.76 bits per heavy atom. The monoisotopic (exact) mass is 346 g/mol. The Morgan fingerprint density at radius 2 is 2.05 bits per heavy atom. The van der Waals surface area contributed by atoms with Crippen LogP contribution in [0.5, 0.6) is 5.75 Å². The first-order valence-electron chi connectivity index (χ1n) is 6.40. The number of rotatable bonds is 5. The number of hydrazone groups is 1. The highest BCUT2D eigenvalue weighted by molar-refractivity contribution is 9.10. The van der Waals surface area contributed by atoms with Crippen LogP contribution in [-0.4, -0.2) is 18.7 Å². The van der Waals surface area contributed by atoms with Gasteiger partial charge in [0.15, 0.2) is 6.61 Å². The molecule has 0 heterocycles. The fourth-order valence-corrected chi connectivity index (χ4v) is 1.95. The van der Waals surface area contributed by atoms with Crippen molar-refractivity contribution >= 4 is 28.1 Å². The SMILES string of the molecule is Cc1ccc(/C=N/NC(=O)COc2cccc(Br)c2)cc1. The molecule has 1 amide bonds. The van der Waals surface area contributed by atoms with Crippen molar-refractivity contribution in [1.82, 2.24) is 5.43 Å². The second kappa shape index (κ2) is 7.59. The summed E-state index contributed by atoms with van der Waals surface area (Å²) in [5, 5.41) is 3.89. The number of ether oxygens (including phenoxy) is 1. The lowest BCUT2D eigenvalue weighted by atomic mass is 10.2. The Labute approximate surface area is 132 Å². The van der Waals surface area contributed by atoms with E-state index in [9.17, 15) is 4.79 Å². The molecule has 0 saturated carbocycles. The number of carbonyl (C=O) groups excluding carboxylic acids is 1. The van der Waals surface area contributed by atoms with Gasteiger partial charge in [0.2, 0.25) is 0 Å². The van der Waals surface area contributed by atoms with Crippen LogP contribution < -0.4 is 10.2 Å². The zero-order valence-electron chi connectivity index (χ0n) is 11.5. The number of halogens is 1. The van der Waals surface area contributed by atoms with Gasteiger partial charge in [0, 0.05) is 4.47 Å². The molecule has 2 aromatic carbocycles. The predicted molar refractivity (Wildman–Crippen MR) is 86.6 cm³/mol. The summed E-state index contributed by atoms with van der Waals surface area (Å²) >= 11 is 3.34. The summed E-state index contributed by atoms with van der Waals surface area (Å²) in [6.07, 6.45) is 1.59. The number of hydrogen-bond donors (Lipinski definition) is 1. The molecule has 0 saturated heterocycles. The van der Waals surface area contributed by atoms with E-state index in [1.807, 2.05) is 43.3 Å². The van der Waals surface area contributed by atoms with Crippen molar-refractivity contribution in [2.75, 3.05) is 6.61 Å². The fourth-order valence-electron chi connectivity index (χ4n) is 1.57. The lowest BCUT2D eigenvalue weighted by molar-refractivity contribution is -0.123. The Kier molecular flexibility index (Phi) is 5.51. The zero-order valence-corrected chi connectivity index (χ0v) is 13.1. The van der Waals surface area contributed by atoms with Crippen LogP contribution >= 0.6 is 15.9 Å². The van der Waals surface area contributed by atoms with Crippen molar-refractivity contribution in [3.05, 3.63) is 64.1 Å². The summed E-state index contributed by atoms with van der Waals surface area (Å²) in [5.41, 5.74) is 4.53. The Balaban J connectivity index is 1.78. The Hall–Kier alpha value is -2.14. The average Bonchev–Trinajstić information content (AvgIpc) is 2.47. The molecular formula is C16H15BrN2O2. The van der Waals surface area contributed by atoms with Gasteiger partial charge in [0.05, 0.1) is 6.21 Å². The maximum absolute atomic E-state index is 11.6. The van der Waals surface area contributed by atoms with E-state index >= 15 is 0 Å². The van der Waals surface area contributed by atoms with Crippen molar-refractivity contribution in [1.29, 1.82) is 0 Å². The highest BCUT2D eigenvalue weighted by Crippen LogP contribution is 2.17. The van der Waals surface area contributed by atoms with Crippen LogP contribution in [0.4, 0.5) is 0 Å². The summed E-state index contributed by atoms with van der Waals surface area (Å²) in [7, 11) is 0. The van der Waals surface area contributed by atoms with Crippen molar-refractivity contribution in [2.24, 2.45) is 5.10 Å². The fraction of sp³-hybridized carbons (Fsp3) is 0.125. The van der Waals surface area contributed by atoms with Gasteiger partial charge >= 0.3 is 0 Å². The first kappa shape index (κ1) is 15.3. The number of aryl methyl sites for hydroxylation is 1.